The standard InChI is InChI=1S/C14H21N3O2/c1-10-4-6-12(7-5-10)8-9-13(18)17(3)11(2)14(15)16-19/h4-7,11,19H,8-9H2,1-3H3,(H2,15,16). The van der Waals surface area contributed by atoms with Crippen LogP contribution in [0, 0.1) is 6.92 Å². The van der Waals surface area contributed by atoms with E-state index in [0.29, 0.717) is 12.8 Å². The van der Waals surface area contributed by atoms with Crippen molar-refractivity contribution in [2.45, 2.75) is 32.7 Å². The number of benzene rings is 1. The molecule has 104 valence electrons. The van der Waals surface area contributed by atoms with Crippen molar-refractivity contribution in [2.75, 3.05) is 7.05 Å². The normalized spacial score (nSPS) is 13.1. The van der Waals surface area contributed by atoms with Gasteiger partial charge >= 0.3 is 0 Å². The van der Waals surface area contributed by atoms with Gasteiger partial charge in [0.1, 0.15) is 0 Å². The van der Waals surface area contributed by atoms with Gasteiger partial charge in [0, 0.05) is 13.5 Å². The molecule has 1 atom stereocenters. The van der Waals surface area contributed by atoms with E-state index >= 15 is 0 Å². The van der Waals surface area contributed by atoms with Crippen LogP contribution >= 0.6 is 0 Å². The highest BCUT2D eigenvalue weighted by molar-refractivity contribution is 5.89. The molecule has 0 aromatic heterocycles. The van der Waals surface area contributed by atoms with E-state index < -0.39 is 6.04 Å². The molecule has 1 amide bonds. The summed E-state index contributed by atoms with van der Waals surface area (Å²) in [6.07, 6.45) is 1.09. The Hall–Kier alpha value is -2.04. The fourth-order valence-corrected chi connectivity index (χ4v) is 1.68. The van der Waals surface area contributed by atoms with Gasteiger partial charge in [-0.3, -0.25) is 4.79 Å². The minimum atomic E-state index is -0.407. The first kappa shape index (κ1) is 15.0. The van der Waals surface area contributed by atoms with Gasteiger partial charge in [0.05, 0.1) is 6.04 Å². The minimum absolute atomic E-state index is 0.0281. The molecule has 0 fully saturated rings. The maximum absolute atomic E-state index is 12.0. The van der Waals surface area contributed by atoms with Gasteiger partial charge in [-0.05, 0) is 25.8 Å². The van der Waals surface area contributed by atoms with E-state index in [2.05, 4.69) is 5.16 Å². The number of amides is 1. The Morgan fingerprint density at radius 1 is 1.42 bits per heavy atom. The van der Waals surface area contributed by atoms with Gasteiger partial charge < -0.3 is 15.8 Å². The fourth-order valence-electron chi connectivity index (χ4n) is 1.68. The number of hydrogen-bond donors (Lipinski definition) is 2. The summed E-state index contributed by atoms with van der Waals surface area (Å²) in [5.41, 5.74) is 7.82. The first-order valence-corrected chi connectivity index (χ1v) is 6.24. The number of carbonyl (C=O) groups is 1. The zero-order valence-corrected chi connectivity index (χ0v) is 11.6. The van der Waals surface area contributed by atoms with E-state index in [4.69, 9.17) is 10.9 Å². The number of oxime groups is 1. The molecule has 1 aromatic carbocycles. The number of aryl methyl sites for hydroxylation is 2. The van der Waals surface area contributed by atoms with Gasteiger partial charge in [0.2, 0.25) is 5.91 Å². The Kier molecular flexibility index (Phi) is 5.36. The third-order valence-electron chi connectivity index (χ3n) is 3.27. The molecule has 0 saturated heterocycles. The summed E-state index contributed by atoms with van der Waals surface area (Å²) in [6, 6.07) is 7.70. The molecule has 1 unspecified atom stereocenters. The number of nitrogens with zero attached hydrogens (tertiary/aromatic N) is 2. The minimum Gasteiger partial charge on any atom is -0.409 e. The molecule has 1 aromatic rings. The number of hydrogen-bond acceptors (Lipinski definition) is 3. The zero-order chi connectivity index (χ0) is 14.4. The Bertz CT molecular complexity index is 454. The van der Waals surface area contributed by atoms with Crippen molar-refractivity contribution in [2.24, 2.45) is 10.9 Å². The highest BCUT2D eigenvalue weighted by atomic mass is 16.4. The maximum atomic E-state index is 12.0. The van der Waals surface area contributed by atoms with Crippen LogP contribution in [0.25, 0.3) is 0 Å². The van der Waals surface area contributed by atoms with E-state index in [1.54, 1.807) is 14.0 Å². The van der Waals surface area contributed by atoms with Crippen LogP contribution in [0.15, 0.2) is 29.4 Å². The van der Waals surface area contributed by atoms with Crippen LogP contribution in [0.3, 0.4) is 0 Å². The quantitative estimate of drug-likeness (QED) is 0.366. The van der Waals surface area contributed by atoms with E-state index in [0.717, 1.165) is 5.56 Å². The molecular weight excluding hydrogens is 242 g/mol. The van der Waals surface area contributed by atoms with Gasteiger partial charge in [0.15, 0.2) is 5.84 Å². The Labute approximate surface area is 113 Å². The zero-order valence-electron chi connectivity index (χ0n) is 11.6. The van der Waals surface area contributed by atoms with E-state index in [9.17, 15) is 4.79 Å². The number of nitrogens with two attached hydrogens (primary N) is 1. The molecule has 0 bridgehead atoms. The average molecular weight is 263 g/mol. The second-order valence-electron chi connectivity index (χ2n) is 4.69. The second kappa shape index (κ2) is 6.78. The lowest BCUT2D eigenvalue weighted by molar-refractivity contribution is -0.130. The molecule has 0 aliphatic carbocycles. The van der Waals surface area contributed by atoms with Gasteiger partial charge in [-0.25, -0.2) is 0 Å². The molecule has 0 radical (unpaired) electrons. The van der Waals surface area contributed by atoms with Crippen LogP contribution in [0.2, 0.25) is 0 Å². The number of likely N-dealkylation sites (N-methyl/N-ethyl adjacent to an activating group) is 1. The molecular formula is C14H21N3O2. The maximum Gasteiger partial charge on any atom is 0.223 e. The van der Waals surface area contributed by atoms with Crippen molar-refractivity contribution in [3.63, 3.8) is 0 Å². The molecule has 0 heterocycles. The summed E-state index contributed by atoms with van der Waals surface area (Å²) in [7, 11) is 1.65. The summed E-state index contributed by atoms with van der Waals surface area (Å²) < 4.78 is 0. The van der Waals surface area contributed by atoms with E-state index in [-0.39, 0.29) is 11.7 Å². The summed E-state index contributed by atoms with van der Waals surface area (Å²) in [5, 5.41) is 11.5. The SMILES string of the molecule is Cc1ccc(CCC(=O)N(C)C(C)C(N)=NO)cc1. The summed E-state index contributed by atoms with van der Waals surface area (Å²) in [5.74, 6) is 0.00543. The summed E-state index contributed by atoms with van der Waals surface area (Å²) in [4.78, 5) is 13.5. The predicted molar refractivity (Wildman–Crippen MR) is 75.1 cm³/mol. The van der Waals surface area contributed by atoms with Crippen molar-refractivity contribution < 1.29 is 10.0 Å². The molecule has 0 saturated carbocycles. The molecule has 5 heteroatoms. The van der Waals surface area contributed by atoms with Crippen molar-refractivity contribution >= 4 is 11.7 Å². The third kappa shape index (κ3) is 4.28. The van der Waals surface area contributed by atoms with Crippen LogP contribution in [0.5, 0.6) is 0 Å². The second-order valence-corrected chi connectivity index (χ2v) is 4.69. The summed E-state index contributed by atoms with van der Waals surface area (Å²) >= 11 is 0. The average Bonchev–Trinajstić information content (AvgIpc) is 2.43. The van der Waals surface area contributed by atoms with Crippen molar-refractivity contribution in [3.8, 4) is 0 Å². The summed E-state index contributed by atoms with van der Waals surface area (Å²) in [6.45, 7) is 3.75. The van der Waals surface area contributed by atoms with Crippen molar-refractivity contribution in [3.05, 3.63) is 35.4 Å². The number of carbonyl (C=O) groups excluding carboxylic acids is 1. The van der Waals surface area contributed by atoms with Crippen LogP contribution in [0.1, 0.15) is 24.5 Å². The van der Waals surface area contributed by atoms with Gasteiger partial charge in [-0.15, -0.1) is 0 Å². The molecule has 0 spiro atoms. The topological polar surface area (TPSA) is 78.9 Å². The van der Waals surface area contributed by atoms with Gasteiger partial charge in [0.25, 0.3) is 0 Å². The van der Waals surface area contributed by atoms with Crippen molar-refractivity contribution in [1.29, 1.82) is 0 Å². The Morgan fingerprint density at radius 3 is 2.53 bits per heavy atom. The van der Waals surface area contributed by atoms with Crippen LogP contribution in [-0.4, -0.2) is 34.9 Å². The Balaban J connectivity index is 2.53. The van der Waals surface area contributed by atoms with Gasteiger partial charge in [-0.2, -0.15) is 0 Å². The third-order valence-corrected chi connectivity index (χ3v) is 3.27. The largest absolute Gasteiger partial charge is 0.409 e. The van der Waals surface area contributed by atoms with Gasteiger partial charge in [-0.1, -0.05) is 35.0 Å². The number of amidine groups is 1. The highest BCUT2D eigenvalue weighted by Crippen LogP contribution is 2.08. The molecule has 5 nitrogen and oxygen atoms in total. The lowest BCUT2D eigenvalue weighted by Crippen LogP contribution is -2.43. The lowest BCUT2D eigenvalue weighted by atomic mass is 10.1. The monoisotopic (exact) mass is 263 g/mol. The fraction of sp³-hybridized carbons (Fsp3) is 0.429. The van der Waals surface area contributed by atoms with E-state index in [1.807, 2.05) is 31.2 Å². The predicted octanol–water partition coefficient (Wildman–Crippen LogP) is 1.52. The smallest absolute Gasteiger partial charge is 0.223 e. The van der Waals surface area contributed by atoms with E-state index in [1.165, 1.54) is 10.5 Å². The van der Waals surface area contributed by atoms with Crippen LogP contribution < -0.4 is 5.73 Å². The van der Waals surface area contributed by atoms with Crippen LogP contribution in [-0.2, 0) is 11.2 Å². The molecule has 1 rings (SSSR count). The van der Waals surface area contributed by atoms with Crippen LogP contribution in [0.4, 0.5) is 0 Å². The first-order chi connectivity index (χ1) is 8.95. The van der Waals surface area contributed by atoms with Crippen molar-refractivity contribution in [1.82, 2.24) is 4.90 Å². The molecule has 0 aliphatic rings. The highest BCUT2D eigenvalue weighted by Gasteiger charge is 2.18. The number of rotatable bonds is 5. The lowest BCUT2D eigenvalue weighted by Gasteiger charge is -2.23. The first-order valence-electron chi connectivity index (χ1n) is 6.24. The molecule has 0 aliphatic heterocycles. The molecule has 3 N–H and O–H groups in total. The molecule has 19 heavy (non-hydrogen) atoms. The Morgan fingerprint density at radius 2 is 2.00 bits per heavy atom.